The number of carboxylic acid groups (broad SMARTS) is 7. The molecule has 0 aliphatic heterocycles. The van der Waals surface area contributed by atoms with E-state index in [4.69, 9.17) is 19.7 Å². The van der Waals surface area contributed by atoms with E-state index < -0.39 is 149 Å². The summed E-state index contributed by atoms with van der Waals surface area (Å²) in [5.74, 6) is -14.5. The second kappa shape index (κ2) is 19.2. The van der Waals surface area contributed by atoms with Crippen LogP contribution in [0.4, 0.5) is 0 Å². The summed E-state index contributed by atoms with van der Waals surface area (Å²) >= 11 is 0. The van der Waals surface area contributed by atoms with Gasteiger partial charge in [-0.05, 0) is 0 Å². The fourth-order valence-electron chi connectivity index (χ4n) is 4.52. The summed E-state index contributed by atoms with van der Waals surface area (Å²) < 4.78 is 10.2. The monoisotopic (exact) mass is 688 g/mol. The van der Waals surface area contributed by atoms with Crippen molar-refractivity contribution in [1.29, 1.82) is 0 Å². The second-order valence-corrected chi connectivity index (χ2v) is 10.0. The minimum Gasteiger partial charge on any atom is -0.481 e. The lowest BCUT2D eigenvalue weighted by atomic mass is 9.69. The zero-order chi connectivity index (χ0) is 36.7. The van der Waals surface area contributed by atoms with E-state index in [-0.39, 0.29) is 0 Å². The number of aliphatic carboxylic acids is 7. The predicted molar refractivity (Wildman–Crippen MR) is 143 cm³/mol. The minimum atomic E-state index is -3.63. The van der Waals surface area contributed by atoms with Gasteiger partial charge in [-0.2, -0.15) is 0 Å². The van der Waals surface area contributed by atoms with Gasteiger partial charge in [0.2, 0.25) is 0 Å². The van der Waals surface area contributed by atoms with Crippen LogP contribution in [0.2, 0.25) is 0 Å². The second-order valence-electron chi connectivity index (χ2n) is 10.0. The molecule has 268 valence electrons. The first-order valence-electron chi connectivity index (χ1n) is 13.1. The zero-order valence-corrected chi connectivity index (χ0v) is 24.4. The number of aliphatic hydroxyl groups is 4. The highest BCUT2D eigenvalue weighted by molar-refractivity contribution is 5.79. The van der Waals surface area contributed by atoms with Gasteiger partial charge in [-0.25, -0.2) is 4.79 Å². The molecule has 23 heteroatoms. The van der Waals surface area contributed by atoms with Gasteiger partial charge in [-0.1, -0.05) is 0 Å². The molecule has 0 amide bonds. The number of carbonyl (C=O) groups is 8. The number of rotatable bonds is 26. The summed E-state index contributed by atoms with van der Waals surface area (Å²) in [6.45, 7) is -8.14. The minimum absolute atomic E-state index is 0.521. The third-order valence-electron chi connectivity index (χ3n) is 6.37. The highest BCUT2D eigenvalue weighted by atomic mass is 16.6. The van der Waals surface area contributed by atoms with Crippen LogP contribution in [0.5, 0.6) is 0 Å². The topological polar surface area (TPSA) is 384 Å². The Hall–Kier alpha value is -4.52. The molecule has 0 bridgehead atoms. The van der Waals surface area contributed by atoms with Crippen molar-refractivity contribution in [2.75, 3.05) is 52.5 Å². The van der Waals surface area contributed by atoms with Crippen LogP contribution in [0.3, 0.4) is 0 Å². The SMILES string of the molecule is O=C(O)COC(CC(=O)O)(CC(=O)O)[C@](CC(=O)O)(OC(=O)CN(CCN(CC(=O)O)CC(=O)O)CC(=O)O)[C@@H](O)[C@H](O)[C@H](O)CO. The lowest BCUT2D eigenvalue weighted by molar-refractivity contribution is -0.268. The highest BCUT2D eigenvalue weighted by Gasteiger charge is 2.65. The van der Waals surface area contributed by atoms with Crippen LogP contribution < -0.4 is 0 Å². The predicted octanol–water partition coefficient (Wildman–Crippen LogP) is -5.53. The Bertz CT molecular complexity index is 1130. The largest absolute Gasteiger partial charge is 0.481 e. The van der Waals surface area contributed by atoms with Crippen LogP contribution in [0.1, 0.15) is 19.3 Å². The molecule has 0 rings (SSSR count). The Labute approximate surface area is 263 Å². The van der Waals surface area contributed by atoms with Crippen molar-refractivity contribution in [1.82, 2.24) is 9.80 Å². The quantitative estimate of drug-likeness (QED) is 0.0377. The molecule has 0 heterocycles. The molecule has 0 saturated heterocycles. The molecule has 47 heavy (non-hydrogen) atoms. The van der Waals surface area contributed by atoms with E-state index in [9.17, 15) is 84.3 Å². The van der Waals surface area contributed by atoms with E-state index in [1.54, 1.807) is 0 Å². The first-order valence-corrected chi connectivity index (χ1v) is 13.1. The van der Waals surface area contributed by atoms with Crippen LogP contribution >= 0.6 is 0 Å². The van der Waals surface area contributed by atoms with Crippen LogP contribution in [-0.2, 0) is 47.8 Å². The summed E-state index contributed by atoms with van der Waals surface area (Å²) in [5.41, 5.74) is -7.02. The van der Waals surface area contributed by atoms with Crippen LogP contribution in [0.15, 0.2) is 0 Å². The van der Waals surface area contributed by atoms with Crippen LogP contribution in [0.25, 0.3) is 0 Å². The standard InChI is InChI=1S/C24H36N2O21/c27-10-12(28)21(44)22(45)24(5-15(33)34,23(3-13(29)30,4-14(31)32)46-11-19(41)42)47-20(43)9-26(8-18(39)40)2-1-25(6-16(35)36)7-17(37)38/h12,21-22,27-28,44-45H,1-11H2,(H,29,30)(H,31,32)(H,33,34)(H,35,36)(H,37,38)(H,39,40)(H,41,42)/t12-,21-,22+,24-/m1/s1. The number of carboxylic acids is 7. The Balaban J connectivity index is 7.25. The molecule has 0 aromatic carbocycles. The molecule has 23 nitrogen and oxygen atoms in total. The average Bonchev–Trinajstić information content (AvgIpc) is 2.90. The summed E-state index contributed by atoms with van der Waals surface area (Å²) in [6, 6.07) is 0. The van der Waals surface area contributed by atoms with E-state index in [0.717, 1.165) is 4.90 Å². The van der Waals surface area contributed by atoms with Gasteiger partial charge in [0, 0.05) is 13.1 Å². The maximum Gasteiger partial charge on any atom is 0.329 e. The van der Waals surface area contributed by atoms with Crippen molar-refractivity contribution in [3.05, 3.63) is 0 Å². The highest BCUT2D eigenvalue weighted by Crippen LogP contribution is 2.44. The van der Waals surface area contributed by atoms with E-state index in [0.29, 0.717) is 4.90 Å². The number of esters is 1. The first-order chi connectivity index (χ1) is 21.6. The Morgan fingerprint density at radius 1 is 0.574 bits per heavy atom. The molecule has 0 radical (unpaired) electrons. The summed E-state index contributed by atoms with van der Waals surface area (Å²) in [5, 5.41) is 106. The number of hydrogen-bond donors (Lipinski definition) is 11. The van der Waals surface area contributed by atoms with Gasteiger partial charge >= 0.3 is 47.8 Å². The van der Waals surface area contributed by atoms with Gasteiger partial charge in [0.05, 0.1) is 52.0 Å². The Kier molecular flexibility index (Phi) is 17.4. The summed E-state index contributed by atoms with van der Waals surface area (Å²) in [4.78, 5) is 95.8. The number of aliphatic hydroxyl groups excluding tert-OH is 4. The van der Waals surface area contributed by atoms with E-state index in [2.05, 4.69) is 0 Å². The molecule has 0 saturated carbocycles. The average molecular weight is 689 g/mol. The molecular weight excluding hydrogens is 652 g/mol. The van der Waals surface area contributed by atoms with Crippen LogP contribution in [-0.4, -0.2) is 196 Å². The molecule has 0 aromatic rings. The molecule has 0 unspecified atom stereocenters. The Morgan fingerprint density at radius 3 is 1.32 bits per heavy atom. The molecule has 4 atom stereocenters. The maximum atomic E-state index is 13.3. The first kappa shape index (κ1) is 42.5. The van der Waals surface area contributed by atoms with Gasteiger partial charge in [0.25, 0.3) is 0 Å². The molecule has 0 fully saturated rings. The number of carbonyl (C=O) groups excluding carboxylic acids is 1. The van der Waals surface area contributed by atoms with E-state index in [1.807, 2.05) is 0 Å². The fourth-order valence-corrected chi connectivity index (χ4v) is 4.52. The van der Waals surface area contributed by atoms with E-state index >= 15 is 0 Å². The van der Waals surface area contributed by atoms with Gasteiger partial charge in [0.15, 0.2) is 5.60 Å². The van der Waals surface area contributed by atoms with Gasteiger partial charge in [-0.3, -0.25) is 43.4 Å². The van der Waals surface area contributed by atoms with Gasteiger partial charge in [-0.15, -0.1) is 0 Å². The molecule has 0 aliphatic carbocycles. The van der Waals surface area contributed by atoms with Crippen molar-refractivity contribution in [2.45, 2.75) is 48.8 Å². The van der Waals surface area contributed by atoms with Crippen molar-refractivity contribution >= 4 is 47.8 Å². The normalized spacial score (nSPS) is 14.9. The maximum absolute atomic E-state index is 13.3. The lowest BCUT2D eigenvalue weighted by Gasteiger charge is -2.50. The zero-order valence-electron chi connectivity index (χ0n) is 24.4. The van der Waals surface area contributed by atoms with Crippen molar-refractivity contribution in [3.63, 3.8) is 0 Å². The number of nitrogens with zero attached hydrogens (tertiary/aromatic N) is 2. The number of ether oxygens (including phenoxy) is 2. The summed E-state index contributed by atoms with van der Waals surface area (Å²) in [6.07, 6.45) is -13.5. The molecule has 0 aliphatic rings. The molecule has 11 N–H and O–H groups in total. The fraction of sp³-hybridized carbons (Fsp3) is 0.667. The third kappa shape index (κ3) is 14.2. The lowest BCUT2D eigenvalue weighted by Crippen LogP contribution is -2.70. The molecule has 0 spiro atoms. The third-order valence-corrected chi connectivity index (χ3v) is 6.37. The molecule has 0 aromatic heterocycles. The van der Waals surface area contributed by atoms with Gasteiger partial charge in [0.1, 0.15) is 30.5 Å². The smallest absolute Gasteiger partial charge is 0.329 e. The van der Waals surface area contributed by atoms with E-state index in [1.165, 1.54) is 0 Å². The number of hydrogen-bond acceptors (Lipinski definition) is 16. The van der Waals surface area contributed by atoms with Crippen molar-refractivity contribution < 1.29 is 104 Å². The Morgan fingerprint density at radius 2 is 0.979 bits per heavy atom. The molecular formula is C24H36N2O21. The van der Waals surface area contributed by atoms with Gasteiger partial charge < -0.3 is 65.6 Å². The van der Waals surface area contributed by atoms with Crippen molar-refractivity contribution in [3.8, 4) is 0 Å². The summed E-state index contributed by atoms with van der Waals surface area (Å²) in [7, 11) is 0. The van der Waals surface area contributed by atoms with Crippen LogP contribution in [0, 0.1) is 0 Å². The van der Waals surface area contributed by atoms with Crippen molar-refractivity contribution in [2.24, 2.45) is 0 Å².